The monoisotopic (exact) mass is 266 g/mol. The van der Waals surface area contributed by atoms with Gasteiger partial charge in [0, 0.05) is 6.54 Å². The summed E-state index contributed by atoms with van der Waals surface area (Å²) >= 11 is 0. The summed E-state index contributed by atoms with van der Waals surface area (Å²) in [6.45, 7) is 2.42. The molecule has 1 heterocycles. The third kappa shape index (κ3) is 3.21. The van der Waals surface area contributed by atoms with Crippen LogP contribution < -0.4 is 10.1 Å². The molecule has 5 nitrogen and oxygen atoms in total. The van der Waals surface area contributed by atoms with Crippen molar-refractivity contribution in [3.63, 3.8) is 0 Å². The maximum Gasteiger partial charge on any atom is 0.324 e. The van der Waals surface area contributed by atoms with Gasteiger partial charge in [0.2, 0.25) is 5.91 Å². The van der Waals surface area contributed by atoms with E-state index >= 15 is 0 Å². The molecule has 1 N–H and O–H groups in total. The second-order valence-electron chi connectivity index (χ2n) is 4.32. The lowest BCUT2D eigenvalue weighted by Gasteiger charge is -2.12. The van der Waals surface area contributed by atoms with Gasteiger partial charge >= 0.3 is 6.03 Å². The second kappa shape index (κ2) is 5.69. The van der Waals surface area contributed by atoms with E-state index in [2.05, 4.69) is 5.32 Å². The molecule has 0 bridgehead atoms. The molecule has 1 fully saturated rings. The van der Waals surface area contributed by atoms with E-state index in [1.807, 2.05) is 0 Å². The van der Waals surface area contributed by atoms with E-state index in [0.717, 1.165) is 0 Å². The molecule has 1 aromatic carbocycles. The van der Waals surface area contributed by atoms with Crippen molar-refractivity contribution in [2.45, 2.75) is 13.3 Å². The van der Waals surface area contributed by atoms with Crippen LogP contribution in [0, 0.1) is 12.7 Å². The summed E-state index contributed by atoms with van der Waals surface area (Å²) in [6.07, 6.45) is 0.537. The van der Waals surface area contributed by atoms with Gasteiger partial charge in [-0.3, -0.25) is 9.69 Å². The third-order valence-electron chi connectivity index (χ3n) is 2.86. The number of ether oxygens (including phenoxy) is 1. The fourth-order valence-electron chi connectivity index (χ4n) is 1.80. The molecule has 1 saturated heterocycles. The Hall–Kier alpha value is -2.11. The molecule has 0 aliphatic carbocycles. The number of carbonyl (C=O) groups excluding carboxylic acids is 2. The van der Waals surface area contributed by atoms with Crippen molar-refractivity contribution in [2.24, 2.45) is 0 Å². The van der Waals surface area contributed by atoms with E-state index in [1.165, 1.54) is 11.0 Å². The minimum absolute atomic E-state index is 0.0663. The number of benzene rings is 1. The molecule has 0 unspecified atom stereocenters. The molecule has 3 amide bonds. The smallest absolute Gasteiger partial charge is 0.324 e. The first-order chi connectivity index (χ1) is 9.08. The number of nitrogens with one attached hydrogen (secondary N) is 1. The number of hydrogen-bond donors (Lipinski definition) is 1. The van der Waals surface area contributed by atoms with Gasteiger partial charge in [-0.25, -0.2) is 9.18 Å². The summed E-state index contributed by atoms with van der Waals surface area (Å²) < 4.78 is 18.5. The van der Waals surface area contributed by atoms with Gasteiger partial charge in [-0.1, -0.05) is 0 Å². The average Bonchev–Trinajstić information content (AvgIpc) is 2.70. The lowest BCUT2D eigenvalue weighted by atomic mass is 10.2. The highest BCUT2D eigenvalue weighted by Gasteiger charge is 2.27. The van der Waals surface area contributed by atoms with Crippen molar-refractivity contribution in [1.82, 2.24) is 10.2 Å². The summed E-state index contributed by atoms with van der Waals surface area (Å²) in [7, 11) is 0. The van der Waals surface area contributed by atoms with E-state index in [4.69, 9.17) is 4.74 Å². The minimum Gasteiger partial charge on any atom is -0.494 e. The first-order valence-electron chi connectivity index (χ1n) is 6.05. The maximum atomic E-state index is 13.0. The number of nitrogens with zero attached hydrogens (tertiary/aromatic N) is 1. The molecular formula is C13H15FN2O3. The molecule has 0 saturated carbocycles. The SMILES string of the molecule is Cc1cc(OCCCN2C(=O)CNC2=O)ccc1F. The van der Waals surface area contributed by atoms with Crippen LogP contribution in [0.2, 0.25) is 0 Å². The maximum absolute atomic E-state index is 13.0. The Morgan fingerprint density at radius 3 is 2.84 bits per heavy atom. The molecular weight excluding hydrogens is 251 g/mol. The van der Waals surface area contributed by atoms with Gasteiger partial charge < -0.3 is 10.1 Å². The van der Waals surface area contributed by atoms with Gasteiger partial charge in [0.1, 0.15) is 11.6 Å². The van der Waals surface area contributed by atoms with Gasteiger partial charge in [0.05, 0.1) is 13.2 Å². The predicted molar refractivity (Wildman–Crippen MR) is 66.4 cm³/mol. The van der Waals surface area contributed by atoms with Crippen LogP contribution in [0.1, 0.15) is 12.0 Å². The largest absolute Gasteiger partial charge is 0.494 e. The zero-order valence-corrected chi connectivity index (χ0v) is 10.6. The Bertz CT molecular complexity index is 489. The fourth-order valence-corrected chi connectivity index (χ4v) is 1.80. The number of hydrogen-bond acceptors (Lipinski definition) is 3. The summed E-state index contributed by atoms with van der Waals surface area (Å²) in [5.41, 5.74) is 0.520. The molecule has 6 heteroatoms. The molecule has 2 rings (SSSR count). The standard InChI is InChI=1S/C13H15FN2O3/c1-9-7-10(3-4-11(9)14)19-6-2-5-16-12(17)8-15-13(16)18/h3-4,7H,2,5-6,8H2,1H3,(H,15,18). The summed E-state index contributed by atoms with van der Waals surface area (Å²) in [5, 5.41) is 2.45. The first kappa shape index (κ1) is 13.3. The van der Waals surface area contributed by atoms with Crippen molar-refractivity contribution < 1.29 is 18.7 Å². The molecule has 0 atom stereocenters. The van der Waals surface area contributed by atoms with Crippen LogP contribution in [0.4, 0.5) is 9.18 Å². The number of urea groups is 1. The van der Waals surface area contributed by atoms with E-state index in [9.17, 15) is 14.0 Å². The van der Waals surface area contributed by atoms with Crippen LogP contribution in [-0.2, 0) is 4.79 Å². The Morgan fingerprint density at radius 2 is 2.21 bits per heavy atom. The summed E-state index contributed by atoms with van der Waals surface area (Å²) in [4.78, 5) is 23.7. The van der Waals surface area contributed by atoms with Crippen LogP contribution in [-0.4, -0.2) is 36.5 Å². The number of rotatable bonds is 5. The predicted octanol–water partition coefficient (Wildman–Crippen LogP) is 1.45. The van der Waals surface area contributed by atoms with Crippen LogP contribution in [0.3, 0.4) is 0 Å². The molecule has 0 aromatic heterocycles. The summed E-state index contributed by atoms with van der Waals surface area (Å²) in [5.74, 6) is 0.0883. The first-order valence-corrected chi connectivity index (χ1v) is 6.05. The van der Waals surface area contributed by atoms with E-state index in [1.54, 1.807) is 19.1 Å². The van der Waals surface area contributed by atoms with Crippen molar-refractivity contribution in [3.05, 3.63) is 29.6 Å². The van der Waals surface area contributed by atoms with Crippen LogP contribution in [0.15, 0.2) is 18.2 Å². The van der Waals surface area contributed by atoms with E-state index in [0.29, 0.717) is 30.9 Å². The number of imide groups is 1. The van der Waals surface area contributed by atoms with Crippen molar-refractivity contribution in [1.29, 1.82) is 0 Å². The Kier molecular flexibility index (Phi) is 3.99. The van der Waals surface area contributed by atoms with Crippen LogP contribution in [0.5, 0.6) is 5.75 Å². The number of aryl methyl sites for hydroxylation is 1. The number of halogens is 1. The lowest BCUT2D eigenvalue weighted by molar-refractivity contribution is -0.125. The topological polar surface area (TPSA) is 58.6 Å². The van der Waals surface area contributed by atoms with E-state index < -0.39 is 0 Å². The van der Waals surface area contributed by atoms with Gasteiger partial charge in [-0.2, -0.15) is 0 Å². The van der Waals surface area contributed by atoms with E-state index in [-0.39, 0.29) is 24.3 Å². The normalized spacial score (nSPS) is 14.7. The highest BCUT2D eigenvalue weighted by molar-refractivity contribution is 6.01. The Morgan fingerprint density at radius 1 is 1.42 bits per heavy atom. The van der Waals surface area contributed by atoms with Gasteiger partial charge in [0.15, 0.2) is 0 Å². The molecule has 19 heavy (non-hydrogen) atoms. The average molecular weight is 266 g/mol. The highest BCUT2D eigenvalue weighted by Crippen LogP contribution is 2.16. The van der Waals surface area contributed by atoms with Crippen LogP contribution >= 0.6 is 0 Å². The number of carbonyl (C=O) groups is 2. The molecule has 0 spiro atoms. The van der Waals surface area contributed by atoms with Crippen molar-refractivity contribution in [3.8, 4) is 5.75 Å². The fraction of sp³-hybridized carbons (Fsp3) is 0.385. The Balaban J connectivity index is 1.76. The molecule has 1 aliphatic rings. The van der Waals surface area contributed by atoms with Gasteiger partial charge in [0.25, 0.3) is 0 Å². The molecule has 1 aromatic rings. The minimum atomic E-state index is -0.359. The lowest BCUT2D eigenvalue weighted by Crippen LogP contribution is -2.32. The molecule has 0 radical (unpaired) electrons. The van der Waals surface area contributed by atoms with Crippen molar-refractivity contribution in [2.75, 3.05) is 19.7 Å². The van der Waals surface area contributed by atoms with Gasteiger partial charge in [-0.15, -0.1) is 0 Å². The summed E-state index contributed by atoms with van der Waals surface area (Å²) in [6, 6.07) is 4.16. The molecule has 1 aliphatic heterocycles. The van der Waals surface area contributed by atoms with Gasteiger partial charge in [-0.05, 0) is 37.1 Å². The third-order valence-corrected chi connectivity index (χ3v) is 2.86. The highest BCUT2D eigenvalue weighted by atomic mass is 19.1. The van der Waals surface area contributed by atoms with Crippen molar-refractivity contribution >= 4 is 11.9 Å². The quantitative estimate of drug-likeness (QED) is 0.648. The number of amides is 3. The van der Waals surface area contributed by atoms with Crippen LogP contribution in [0.25, 0.3) is 0 Å². The molecule has 102 valence electrons. The Labute approximate surface area is 110 Å². The second-order valence-corrected chi connectivity index (χ2v) is 4.32. The zero-order chi connectivity index (χ0) is 13.8. The zero-order valence-electron chi connectivity index (χ0n) is 10.6.